The zero-order valence-electron chi connectivity index (χ0n) is 14.9. The Morgan fingerprint density at radius 1 is 1.23 bits per heavy atom. The zero-order valence-corrected chi connectivity index (χ0v) is 16.5. The van der Waals surface area contributed by atoms with Gasteiger partial charge < -0.3 is 4.90 Å². The molecule has 6 heteroatoms. The predicted molar refractivity (Wildman–Crippen MR) is 110 cm³/mol. The number of hydrogen-bond acceptors (Lipinski definition) is 5. The predicted octanol–water partition coefficient (Wildman–Crippen LogP) is 2.77. The van der Waals surface area contributed by atoms with Crippen molar-refractivity contribution in [3.63, 3.8) is 0 Å². The van der Waals surface area contributed by atoms with Gasteiger partial charge in [0.25, 0.3) is 5.56 Å². The normalized spacial score (nSPS) is 16.3. The molecule has 0 unspecified atom stereocenters. The van der Waals surface area contributed by atoms with Crippen LogP contribution in [0, 0.1) is 6.92 Å². The lowest BCUT2D eigenvalue weighted by Gasteiger charge is -2.12. The summed E-state index contributed by atoms with van der Waals surface area (Å²) in [6.07, 6.45) is 3.75. The van der Waals surface area contributed by atoms with Gasteiger partial charge in [0.05, 0.1) is 11.4 Å². The molecule has 3 aromatic rings. The first-order chi connectivity index (χ1) is 12.6. The van der Waals surface area contributed by atoms with Crippen LogP contribution in [-0.4, -0.2) is 16.6 Å². The molecule has 1 aromatic carbocycles. The third-order valence-corrected chi connectivity index (χ3v) is 6.85. The molecule has 0 aliphatic carbocycles. The molecule has 0 amide bonds. The van der Waals surface area contributed by atoms with Crippen molar-refractivity contribution in [1.29, 1.82) is 0 Å². The number of anilines is 1. The van der Waals surface area contributed by atoms with Crippen LogP contribution in [0.5, 0.6) is 0 Å². The smallest absolute Gasteiger partial charge is 0.271 e. The highest BCUT2D eigenvalue weighted by atomic mass is 32.2. The molecule has 26 heavy (non-hydrogen) atoms. The van der Waals surface area contributed by atoms with Gasteiger partial charge in [0.15, 0.2) is 0 Å². The summed E-state index contributed by atoms with van der Waals surface area (Å²) in [6, 6.07) is 12.2. The third kappa shape index (κ3) is 2.89. The maximum absolute atomic E-state index is 13.0. The molecule has 0 radical (unpaired) electrons. The fourth-order valence-corrected chi connectivity index (χ4v) is 5.46. The van der Waals surface area contributed by atoms with E-state index in [4.69, 9.17) is 0 Å². The fourth-order valence-electron chi connectivity index (χ4n) is 3.01. The summed E-state index contributed by atoms with van der Waals surface area (Å²) >= 11 is 3.21. The highest BCUT2D eigenvalue weighted by Crippen LogP contribution is 2.45. The number of benzene rings is 1. The van der Waals surface area contributed by atoms with Crippen molar-refractivity contribution in [1.82, 2.24) is 9.55 Å². The molecule has 0 saturated heterocycles. The van der Waals surface area contributed by atoms with E-state index in [1.807, 2.05) is 42.8 Å². The second-order valence-electron chi connectivity index (χ2n) is 6.16. The summed E-state index contributed by atoms with van der Waals surface area (Å²) in [6.45, 7) is 4.73. The van der Waals surface area contributed by atoms with Gasteiger partial charge in [-0.2, -0.15) is 0 Å². The van der Waals surface area contributed by atoms with E-state index < -0.39 is 0 Å². The Labute approximate surface area is 160 Å². The molecule has 0 spiro atoms. The molecule has 0 saturated carbocycles. The maximum atomic E-state index is 13.0. The molecule has 132 valence electrons. The molecule has 0 N–H and O–H groups in total. The second-order valence-corrected chi connectivity index (χ2v) is 8.22. The molecule has 2 aromatic heterocycles. The van der Waals surface area contributed by atoms with Crippen molar-refractivity contribution in [2.24, 2.45) is 0 Å². The van der Waals surface area contributed by atoms with Gasteiger partial charge in [-0.1, -0.05) is 23.9 Å². The minimum absolute atomic E-state index is 0.0681. The monoisotopic (exact) mass is 381 g/mol. The van der Waals surface area contributed by atoms with Gasteiger partial charge in [-0.25, -0.2) is 0 Å². The number of thioether (sulfide) groups is 1. The van der Waals surface area contributed by atoms with E-state index in [0.29, 0.717) is 6.54 Å². The number of aryl methyl sites for hydroxylation is 1. The molecule has 0 bridgehead atoms. The number of pyridine rings is 1. The van der Waals surface area contributed by atoms with Gasteiger partial charge in [-0.3, -0.25) is 14.3 Å². The number of fused-ring (bicyclic) bond motifs is 1. The summed E-state index contributed by atoms with van der Waals surface area (Å²) < 4.78 is 3.54. The lowest BCUT2D eigenvalue weighted by Crippen LogP contribution is -2.33. The number of thiazole rings is 1. The summed E-state index contributed by atoms with van der Waals surface area (Å²) in [5.74, 6) is 0. The number of rotatable bonds is 2. The Morgan fingerprint density at radius 2 is 2.08 bits per heavy atom. The highest BCUT2D eigenvalue weighted by Gasteiger charge is 2.24. The topological polar surface area (TPSA) is 38.1 Å². The van der Waals surface area contributed by atoms with Crippen molar-refractivity contribution >= 4 is 39.9 Å². The van der Waals surface area contributed by atoms with E-state index in [9.17, 15) is 4.79 Å². The van der Waals surface area contributed by atoms with Gasteiger partial charge in [0.1, 0.15) is 14.2 Å². The lowest BCUT2D eigenvalue weighted by molar-refractivity contribution is 0.722. The van der Waals surface area contributed by atoms with Crippen LogP contribution in [-0.2, 0) is 6.54 Å². The van der Waals surface area contributed by atoms with Gasteiger partial charge in [-0.05, 0) is 49.8 Å². The second kappa shape index (κ2) is 6.78. The Hall–Kier alpha value is -2.31. The fraction of sp³-hybridized carbons (Fsp3) is 0.200. The Bertz CT molecular complexity index is 1150. The molecule has 3 heterocycles. The molecule has 0 atom stereocenters. The standard InChI is InChI=1S/C20H19N3OS2/c1-4-23-17(12-14-7-5-6-10-21-14)26-18(19(23)24)20-22(3)15-11-13(2)8-9-16(15)25-20/h5-12H,4H2,1-3H3/b17-12-,20-18+. The van der Waals surface area contributed by atoms with Crippen molar-refractivity contribution < 1.29 is 0 Å². The maximum Gasteiger partial charge on any atom is 0.271 e. The largest absolute Gasteiger partial charge is 0.337 e. The summed E-state index contributed by atoms with van der Waals surface area (Å²) in [7, 11) is 2.03. The van der Waals surface area contributed by atoms with Crippen molar-refractivity contribution in [3.8, 4) is 0 Å². The van der Waals surface area contributed by atoms with Crippen LogP contribution in [0.2, 0.25) is 0 Å². The van der Waals surface area contributed by atoms with Crippen LogP contribution in [0.1, 0.15) is 18.2 Å². The average molecular weight is 382 g/mol. The first-order valence-corrected chi connectivity index (χ1v) is 10.1. The van der Waals surface area contributed by atoms with E-state index >= 15 is 0 Å². The van der Waals surface area contributed by atoms with Crippen LogP contribution >= 0.6 is 23.1 Å². The molecule has 1 aliphatic heterocycles. The molecule has 0 fully saturated rings. The quantitative estimate of drug-likeness (QED) is 0.684. The Morgan fingerprint density at radius 3 is 2.81 bits per heavy atom. The van der Waals surface area contributed by atoms with Crippen molar-refractivity contribution in [2.75, 3.05) is 11.9 Å². The van der Waals surface area contributed by atoms with Crippen LogP contribution < -0.4 is 19.7 Å². The van der Waals surface area contributed by atoms with Gasteiger partial charge in [0.2, 0.25) is 0 Å². The van der Waals surface area contributed by atoms with Gasteiger partial charge in [0, 0.05) is 24.7 Å². The minimum atomic E-state index is 0.0681. The first-order valence-electron chi connectivity index (χ1n) is 8.47. The van der Waals surface area contributed by atoms with Crippen molar-refractivity contribution in [2.45, 2.75) is 25.3 Å². The molecule has 4 rings (SSSR count). The van der Waals surface area contributed by atoms with Crippen LogP contribution in [0.4, 0.5) is 5.69 Å². The van der Waals surface area contributed by atoms with Crippen LogP contribution in [0.15, 0.2) is 52.3 Å². The SMILES string of the molecule is CCn1c(=O)/c(=C2\Sc3ccc(C)cc3N2C)s/c1=C\c1ccccn1. The Kier molecular flexibility index (Phi) is 4.46. The molecule has 4 nitrogen and oxygen atoms in total. The number of hydrogen-bond donors (Lipinski definition) is 0. The first kappa shape index (κ1) is 17.1. The van der Waals surface area contributed by atoms with Crippen LogP contribution in [0.25, 0.3) is 11.1 Å². The van der Waals surface area contributed by atoms with E-state index in [1.165, 1.54) is 21.8 Å². The number of nitrogens with zero attached hydrogens (tertiary/aromatic N) is 3. The van der Waals surface area contributed by atoms with E-state index in [-0.39, 0.29) is 5.56 Å². The van der Waals surface area contributed by atoms with Crippen molar-refractivity contribution in [3.05, 3.63) is 73.4 Å². The van der Waals surface area contributed by atoms with E-state index in [0.717, 1.165) is 25.6 Å². The zero-order chi connectivity index (χ0) is 18.3. The summed E-state index contributed by atoms with van der Waals surface area (Å²) in [4.78, 5) is 20.7. The van der Waals surface area contributed by atoms with Gasteiger partial charge >= 0.3 is 0 Å². The lowest BCUT2D eigenvalue weighted by atomic mass is 10.2. The van der Waals surface area contributed by atoms with Crippen LogP contribution in [0.3, 0.4) is 0 Å². The highest BCUT2D eigenvalue weighted by molar-refractivity contribution is 8.08. The number of aromatic nitrogens is 2. The summed E-state index contributed by atoms with van der Waals surface area (Å²) in [5, 5.41) is 1.00. The molecule has 1 aliphatic rings. The Balaban J connectivity index is 1.93. The summed E-state index contributed by atoms with van der Waals surface area (Å²) in [5.41, 5.74) is 3.31. The third-order valence-electron chi connectivity index (χ3n) is 4.37. The molecular formula is C20H19N3OS2. The minimum Gasteiger partial charge on any atom is -0.337 e. The molecular weight excluding hydrogens is 362 g/mol. The van der Waals surface area contributed by atoms with Gasteiger partial charge in [-0.15, -0.1) is 11.3 Å². The average Bonchev–Trinajstić information content (AvgIpc) is 3.12. The van der Waals surface area contributed by atoms with E-state index in [1.54, 1.807) is 18.0 Å². The van der Waals surface area contributed by atoms with E-state index in [2.05, 4.69) is 35.0 Å².